The van der Waals surface area contributed by atoms with Gasteiger partial charge >= 0.3 is 11.9 Å². The Morgan fingerprint density at radius 3 is 2.06 bits per heavy atom. The highest BCUT2D eigenvalue weighted by Crippen LogP contribution is 2.47. The Hall–Kier alpha value is -2.74. The molecule has 3 saturated carbocycles. The highest BCUT2D eigenvalue weighted by Gasteiger charge is 2.33. The van der Waals surface area contributed by atoms with Gasteiger partial charge in [-0.1, -0.05) is 50.3 Å². The predicted molar refractivity (Wildman–Crippen MR) is 194 cm³/mol. The smallest absolute Gasteiger partial charge is 0.335 e. The standard InChI is InChI=1S/C42H62O7/c1-5-6-8-32-10-13-34(14-11-32)35-15-17-37(18-16-35)40-27-33(9-7-24-48-41(44)30(2)28-43)12-23-39(40)36-19-21-38(22-20-36)47-25-26-49-42(45)31(3)29-46-4/h5,12,23,27,32,34-38,43H,1-3,6-11,13-22,24-26,28-29H2,4H3. The summed E-state index contributed by atoms with van der Waals surface area (Å²) < 4.78 is 21.6. The number of carbonyl (C=O) groups excluding carboxylic acids is 2. The molecule has 3 fully saturated rings. The molecule has 0 heterocycles. The largest absolute Gasteiger partial charge is 0.462 e. The van der Waals surface area contributed by atoms with Crippen LogP contribution in [0.25, 0.3) is 0 Å². The maximum atomic E-state index is 12.0. The van der Waals surface area contributed by atoms with Crippen molar-refractivity contribution in [3.8, 4) is 0 Å². The first-order chi connectivity index (χ1) is 23.8. The van der Waals surface area contributed by atoms with Crippen LogP contribution in [0.3, 0.4) is 0 Å². The van der Waals surface area contributed by atoms with Gasteiger partial charge in [0.15, 0.2) is 0 Å². The van der Waals surface area contributed by atoms with Gasteiger partial charge in [0.1, 0.15) is 6.61 Å². The summed E-state index contributed by atoms with van der Waals surface area (Å²) in [5.41, 5.74) is 4.77. The molecule has 1 N–H and O–H groups in total. The van der Waals surface area contributed by atoms with E-state index in [1.807, 2.05) is 0 Å². The fourth-order valence-corrected chi connectivity index (χ4v) is 8.54. The van der Waals surface area contributed by atoms with E-state index in [0.29, 0.717) is 30.6 Å². The summed E-state index contributed by atoms with van der Waals surface area (Å²) in [4.78, 5) is 23.9. The van der Waals surface area contributed by atoms with E-state index >= 15 is 0 Å². The molecule has 0 unspecified atom stereocenters. The summed E-state index contributed by atoms with van der Waals surface area (Å²) in [6, 6.07) is 7.13. The van der Waals surface area contributed by atoms with E-state index < -0.39 is 11.9 Å². The monoisotopic (exact) mass is 678 g/mol. The normalized spacial score (nSPS) is 25.7. The van der Waals surface area contributed by atoms with E-state index in [0.717, 1.165) is 62.7 Å². The Morgan fingerprint density at radius 1 is 0.796 bits per heavy atom. The Labute approximate surface area is 295 Å². The Morgan fingerprint density at radius 2 is 1.41 bits per heavy atom. The molecule has 49 heavy (non-hydrogen) atoms. The van der Waals surface area contributed by atoms with E-state index in [1.54, 1.807) is 5.56 Å². The number of hydrogen-bond acceptors (Lipinski definition) is 7. The maximum absolute atomic E-state index is 12.0. The summed E-state index contributed by atoms with van der Waals surface area (Å²) in [5.74, 6) is 2.84. The Balaban J connectivity index is 1.32. The van der Waals surface area contributed by atoms with E-state index in [2.05, 4.69) is 44.0 Å². The minimum absolute atomic E-state index is 0.0933. The van der Waals surface area contributed by atoms with Gasteiger partial charge < -0.3 is 24.1 Å². The molecule has 0 bridgehead atoms. The number of benzene rings is 1. The van der Waals surface area contributed by atoms with Gasteiger partial charge in [-0.15, -0.1) is 6.58 Å². The van der Waals surface area contributed by atoms with E-state index in [-0.39, 0.29) is 31.5 Å². The van der Waals surface area contributed by atoms with Crippen molar-refractivity contribution < 1.29 is 33.6 Å². The number of aliphatic hydroxyl groups is 1. The summed E-state index contributed by atoms with van der Waals surface area (Å²) in [6.07, 6.45) is 21.3. The Kier molecular flexibility index (Phi) is 16.6. The van der Waals surface area contributed by atoms with Crippen molar-refractivity contribution in [2.24, 2.45) is 17.8 Å². The predicted octanol–water partition coefficient (Wildman–Crippen LogP) is 8.55. The molecule has 0 aliphatic heterocycles. The number of esters is 2. The number of rotatable bonds is 19. The first kappa shape index (κ1) is 39.1. The highest BCUT2D eigenvalue weighted by molar-refractivity contribution is 5.88. The third-order valence-corrected chi connectivity index (χ3v) is 11.4. The molecule has 0 saturated heterocycles. The average Bonchev–Trinajstić information content (AvgIpc) is 3.14. The zero-order valence-electron chi connectivity index (χ0n) is 30.1. The number of ether oxygens (including phenoxy) is 4. The molecule has 4 rings (SSSR count). The van der Waals surface area contributed by atoms with Crippen LogP contribution in [0.1, 0.15) is 125 Å². The van der Waals surface area contributed by atoms with Crippen LogP contribution in [0.15, 0.2) is 55.2 Å². The van der Waals surface area contributed by atoms with Crippen molar-refractivity contribution in [3.63, 3.8) is 0 Å². The zero-order chi connectivity index (χ0) is 35.0. The maximum Gasteiger partial charge on any atom is 0.335 e. The number of carbonyl (C=O) groups is 2. The van der Waals surface area contributed by atoms with Gasteiger partial charge in [0, 0.05) is 7.11 Å². The van der Waals surface area contributed by atoms with Crippen molar-refractivity contribution in [1.29, 1.82) is 0 Å². The van der Waals surface area contributed by atoms with Gasteiger partial charge in [0.2, 0.25) is 0 Å². The molecule has 3 aliphatic carbocycles. The van der Waals surface area contributed by atoms with E-state index in [4.69, 9.17) is 24.1 Å². The average molecular weight is 679 g/mol. The second-order valence-electron chi connectivity index (χ2n) is 14.7. The Bertz CT molecular complexity index is 1210. The van der Waals surface area contributed by atoms with Gasteiger partial charge in [-0.2, -0.15) is 0 Å². The van der Waals surface area contributed by atoms with Crippen LogP contribution in [0, 0.1) is 17.8 Å². The molecule has 1 aromatic carbocycles. The van der Waals surface area contributed by atoms with Gasteiger partial charge in [0.25, 0.3) is 0 Å². The summed E-state index contributed by atoms with van der Waals surface area (Å²) in [7, 11) is 1.53. The van der Waals surface area contributed by atoms with Crippen molar-refractivity contribution in [2.45, 2.75) is 121 Å². The summed E-state index contributed by atoms with van der Waals surface area (Å²) in [5, 5.41) is 9.14. The fourth-order valence-electron chi connectivity index (χ4n) is 8.54. The molecule has 0 spiro atoms. The SMILES string of the molecule is C=CCCC1CCC(C2CCC(c3cc(CCCOC(=O)C(=C)CO)ccc3C3CCC(OCCOC(=O)C(=C)COC)CC3)CC2)CC1. The second kappa shape index (κ2) is 20.8. The van der Waals surface area contributed by atoms with Crippen LogP contribution in [0.2, 0.25) is 0 Å². The molecule has 3 aliphatic rings. The van der Waals surface area contributed by atoms with Crippen LogP contribution in [-0.2, 0) is 35.0 Å². The van der Waals surface area contributed by atoms with Gasteiger partial charge in [-0.3, -0.25) is 0 Å². The summed E-state index contributed by atoms with van der Waals surface area (Å²) in [6.45, 7) is 11.9. The number of allylic oxidation sites excluding steroid dienone is 1. The highest BCUT2D eigenvalue weighted by atomic mass is 16.6. The molecule has 0 atom stereocenters. The van der Waals surface area contributed by atoms with Crippen LogP contribution >= 0.6 is 0 Å². The lowest BCUT2D eigenvalue weighted by atomic mass is 9.67. The number of aryl methyl sites for hydroxylation is 1. The molecule has 272 valence electrons. The molecule has 1 aromatic rings. The molecule has 0 amide bonds. The van der Waals surface area contributed by atoms with Gasteiger partial charge in [-0.25, -0.2) is 9.59 Å². The fraction of sp³-hybridized carbons (Fsp3) is 0.667. The number of hydrogen-bond donors (Lipinski definition) is 1. The van der Waals surface area contributed by atoms with Crippen molar-refractivity contribution in [2.75, 3.05) is 40.1 Å². The van der Waals surface area contributed by atoms with Crippen LogP contribution < -0.4 is 0 Å². The number of aliphatic hydroxyl groups excluding tert-OH is 1. The van der Waals surface area contributed by atoms with Crippen LogP contribution in [-0.4, -0.2) is 63.3 Å². The van der Waals surface area contributed by atoms with Gasteiger partial charge in [0.05, 0.1) is 43.7 Å². The molecular formula is C42H62O7. The quantitative estimate of drug-likeness (QED) is 0.0679. The number of methoxy groups -OCH3 is 1. The van der Waals surface area contributed by atoms with Crippen LogP contribution in [0.5, 0.6) is 0 Å². The minimum Gasteiger partial charge on any atom is -0.462 e. The van der Waals surface area contributed by atoms with Crippen molar-refractivity contribution >= 4 is 11.9 Å². The van der Waals surface area contributed by atoms with Crippen molar-refractivity contribution in [1.82, 2.24) is 0 Å². The zero-order valence-corrected chi connectivity index (χ0v) is 30.1. The third kappa shape index (κ3) is 12.2. The lowest BCUT2D eigenvalue weighted by Gasteiger charge is -2.39. The molecule has 7 heteroatoms. The molecule has 0 aromatic heterocycles. The molecule has 0 radical (unpaired) electrons. The lowest BCUT2D eigenvalue weighted by Crippen LogP contribution is -2.26. The first-order valence-corrected chi connectivity index (χ1v) is 19.0. The van der Waals surface area contributed by atoms with E-state index in [1.165, 1.54) is 76.0 Å². The second-order valence-corrected chi connectivity index (χ2v) is 14.7. The van der Waals surface area contributed by atoms with Crippen molar-refractivity contribution in [3.05, 3.63) is 71.8 Å². The topological polar surface area (TPSA) is 91.3 Å². The summed E-state index contributed by atoms with van der Waals surface area (Å²) >= 11 is 0. The molecular weight excluding hydrogens is 616 g/mol. The third-order valence-electron chi connectivity index (χ3n) is 11.4. The molecule has 7 nitrogen and oxygen atoms in total. The first-order valence-electron chi connectivity index (χ1n) is 19.0. The minimum atomic E-state index is -0.519. The van der Waals surface area contributed by atoms with Gasteiger partial charge in [-0.05, 0) is 136 Å². The van der Waals surface area contributed by atoms with Crippen LogP contribution in [0.4, 0.5) is 0 Å². The lowest BCUT2D eigenvalue weighted by molar-refractivity contribution is -0.142. The van der Waals surface area contributed by atoms with E-state index in [9.17, 15) is 9.59 Å².